The third-order valence-corrected chi connectivity index (χ3v) is 10.3. The quantitative estimate of drug-likeness (QED) is 0.183. The zero-order valence-corrected chi connectivity index (χ0v) is 27.9. The normalized spacial score (nSPS) is 11.8. The number of hydrogen-bond acceptors (Lipinski definition) is 4. The van der Waals surface area contributed by atoms with E-state index >= 15 is 0 Å². The highest BCUT2D eigenvalue weighted by Gasteiger charge is 2.18. The van der Waals surface area contributed by atoms with Crippen LogP contribution in [0.2, 0.25) is 0 Å². The standard InChI is InChI=1S/C48H29NO3/c1-5-17-44-37(9-1)40-14-7-12-35(47(40)51-44)30-19-23-32(24-20-30)49(34-27-28-46-42(29-34)39-11-3-4-16-43(39)50-46)33-25-21-31(22-26-33)36-13-8-15-41-38-10-2-6-18-45(38)52-48(36)41/h1-29H. The molecular weight excluding hydrogens is 639 g/mol. The first-order valence-electron chi connectivity index (χ1n) is 17.5. The molecule has 0 amide bonds. The summed E-state index contributed by atoms with van der Waals surface area (Å²) >= 11 is 0. The van der Waals surface area contributed by atoms with Gasteiger partial charge in [-0.2, -0.15) is 0 Å². The lowest BCUT2D eigenvalue weighted by molar-refractivity contribution is 0.669. The first-order valence-corrected chi connectivity index (χ1v) is 17.5. The van der Waals surface area contributed by atoms with Crippen molar-refractivity contribution >= 4 is 82.9 Å². The fourth-order valence-corrected chi connectivity index (χ4v) is 7.83. The summed E-state index contributed by atoms with van der Waals surface area (Å²) in [5.41, 5.74) is 12.8. The second-order valence-electron chi connectivity index (χ2n) is 13.3. The van der Waals surface area contributed by atoms with Crippen molar-refractivity contribution in [3.8, 4) is 22.3 Å². The second-order valence-corrected chi connectivity index (χ2v) is 13.3. The molecule has 11 aromatic rings. The molecule has 4 heteroatoms. The first-order chi connectivity index (χ1) is 25.8. The molecular formula is C48H29NO3. The monoisotopic (exact) mass is 667 g/mol. The summed E-state index contributed by atoms with van der Waals surface area (Å²) in [6.07, 6.45) is 0. The van der Waals surface area contributed by atoms with Crippen LogP contribution in [0, 0.1) is 0 Å². The van der Waals surface area contributed by atoms with E-state index in [-0.39, 0.29) is 0 Å². The Bertz CT molecular complexity index is 2970. The summed E-state index contributed by atoms with van der Waals surface area (Å²) in [7, 11) is 0. The Balaban J connectivity index is 1.04. The summed E-state index contributed by atoms with van der Waals surface area (Å²) in [4.78, 5) is 2.30. The fraction of sp³-hybridized carbons (Fsp3) is 0. The van der Waals surface area contributed by atoms with Gasteiger partial charge in [-0.1, -0.05) is 115 Å². The summed E-state index contributed by atoms with van der Waals surface area (Å²) < 4.78 is 19.0. The molecule has 52 heavy (non-hydrogen) atoms. The minimum Gasteiger partial charge on any atom is -0.456 e. The van der Waals surface area contributed by atoms with Crippen molar-refractivity contribution in [3.63, 3.8) is 0 Å². The topological polar surface area (TPSA) is 42.7 Å². The van der Waals surface area contributed by atoms with Gasteiger partial charge in [0, 0.05) is 60.5 Å². The summed E-state index contributed by atoms with van der Waals surface area (Å²) in [6, 6.07) is 61.4. The second kappa shape index (κ2) is 11.2. The van der Waals surface area contributed by atoms with Gasteiger partial charge in [0.1, 0.15) is 33.5 Å². The largest absolute Gasteiger partial charge is 0.456 e. The minimum absolute atomic E-state index is 0.869. The van der Waals surface area contributed by atoms with E-state index < -0.39 is 0 Å². The maximum Gasteiger partial charge on any atom is 0.143 e. The molecule has 11 rings (SSSR count). The molecule has 0 unspecified atom stereocenters. The van der Waals surface area contributed by atoms with Crippen molar-refractivity contribution in [2.24, 2.45) is 0 Å². The van der Waals surface area contributed by atoms with E-state index in [1.54, 1.807) is 0 Å². The Hall–Kier alpha value is -7.04. The number of furan rings is 3. The van der Waals surface area contributed by atoms with Crippen molar-refractivity contribution in [2.45, 2.75) is 0 Å². The van der Waals surface area contributed by atoms with Gasteiger partial charge < -0.3 is 18.2 Å². The van der Waals surface area contributed by atoms with Crippen LogP contribution in [0.4, 0.5) is 17.1 Å². The maximum absolute atomic E-state index is 6.39. The molecule has 3 heterocycles. The molecule has 0 saturated carbocycles. The number of fused-ring (bicyclic) bond motifs is 9. The van der Waals surface area contributed by atoms with Gasteiger partial charge in [0.05, 0.1) is 0 Å². The Labute approximate surface area is 298 Å². The van der Waals surface area contributed by atoms with E-state index in [1.807, 2.05) is 36.4 Å². The number of para-hydroxylation sites is 5. The average molecular weight is 668 g/mol. The van der Waals surface area contributed by atoms with Gasteiger partial charge in [-0.15, -0.1) is 0 Å². The molecule has 0 N–H and O–H groups in total. The lowest BCUT2D eigenvalue weighted by Crippen LogP contribution is -2.09. The molecule has 244 valence electrons. The average Bonchev–Trinajstić information content (AvgIpc) is 3.90. The van der Waals surface area contributed by atoms with E-state index in [2.05, 4.69) is 144 Å². The van der Waals surface area contributed by atoms with Gasteiger partial charge in [-0.05, 0) is 71.8 Å². The molecule has 4 nitrogen and oxygen atoms in total. The van der Waals surface area contributed by atoms with Gasteiger partial charge in [0.15, 0.2) is 0 Å². The summed E-state index contributed by atoms with van der Waals surface area (Å²) in [5, 5.41) is 6.69. The van der Waals surface area contributed by atoms with Gasteiger partial charge >= 0.3 is 0 Å². The van der Waals surface area contributed by atoms with Gasteiger partial charge in [0.25, 0.3) is 0 Å². The van der Waals surface area contributed by atoms with Crippen LogP contribution in [0.25, 0.3) is 88.1 Å². The number of hydrogen-bond donors (Lipinski definition) is 0. The van der Waals surface area contributed by atoms with Crippen molar-refractivity contribution in [2.75, 3.05) is 4.90 Å². The van der Waals surface area contributed by atoms with Crippen LogP contribution < -0.4 is 4.90 Å². The molecule has 0 atom stereocenters. The Morgan fingerprint density at radius 2 is 0.692 bits per heavy atom. The van der Waals surface area contributed by atoms with Crippen LogP contribution in [0.1, 0.15) is 0 Å². The fourth-order valence-electron chi connectivity index (χ4n) is 7.83. The molecule has 0 aliphatic rings. The molecule has 0 spiro atoms. The van der Waals surface area contributed by atoms with E-state index in [9.17, 15) is 0 Å². The van der Waals surface area contributed by atoms with E-state index in [0.29, 0.717) is 0 Å². The number of nitrogens with zero attached hydrogens (tertiary/aromatic N) is 1. The third-order valence-electron chi connectivity index (χ3n) is 10.3. The van der Waals surface area contributed by atoms with Gasteiger partial charge in [0.2, 0.25) is 0 Å². The van der Waals surface area contributed by atoms with Gasteiger partial charge in [-0.3, -0.25) is 0 Å². The van der Waals surface area contributed by atoms with E-state index in [0.717, 1.165) is 105 Å². The number of benzene rings is 8. The van der Waals surface area contributed by atoms with E-state index in [4.69, 9.17) is 13.3 Å². The van der Waals surface area contributed by atoms with Crippen molar-refractivity contribution in [1.29, 1.82) is 0 Å². The van der Waals surface area contributed by atoms with Crippen LogP contribution in [-0.2, 0) is 0 Å². The lowest BCUT2D eigenvalue weighted by Gasteiger charge is -2.26. The smallest absolute Gasteiger partial charge is 0.143 e. The van der Waals surface area contributed by atoms with Crippen LogP contribution in [0.3, 0.4) is 0 Å². The van der Waals surface area contributed by atoms with E-state index in [1.165, 1.54) is 0 Å². The zero-order valence-electron chi connectivity index (χ0n) is 27.9. The molecule has 0 radical (unpaired) electrons. The van der Waals surface area contributed by atoms with Gasteiger partial charge in [-0.25, -0.2) is 0 Å². The Kier molecular flexibility index (Phi) is 6.22. The zero-order chi connectivity index (χ0) is 34.2. The van der Waals surface area contributed by atoms with Crippen LogP contribution in [-0.4, -0.2) is 0 Å². The number of rotatable bonds is 5. The van der Waals surface area contributed by atoms with Crippen molar-refractivity contribution in [3.05, 3.63) is 176 Å². The minimum atomic E-state index is 0.869. The first kappa shape index (κ1) is 28.8. The predicted octanol–water partition coefficient (Wildman–Crippen LogP) is 14.2. The highest BCUT2D eigenvalue weighted by molar-refractivity contribution is 6.11. The predicted molar refractivity (Wildman–Crippen MR) is 214 cm³/mol. The third kappa shape index (κ3) is 4.41. The molecule has 0 bridgehead atoms. The molecule has 0 aliphatic carbocycles. The summed E-state index contributed by atoms with van der Waals surface area (Å²) in [5.74, 6) is 0. The van der Waals surface area contributed by atoms with Crippen LogP contribution >= 0.6 is 0 Å². The van der Waals surface area contributed by atoms with Crippen molar-refractivity contribution in [1.82, 2.24) is 0 Å². The maximum atomic E-state index is 6.39. The van der Waals surface area contributed by atoms with Crippen molar-refractivity contribution < 1.29 is 13.3 Å². The SMILES string of the molecule is c1ccc2c(c1)oc1ccc(N(c3ccc(-c4cccc5c4oc4ccccc45)cc3)c3ccc(-c4cccc5c4oc4ccccc45)cc3)cc12. The lowest BCUT2D eigenvalue weighted by atomic mass is 10.0. The Morgan fingerprint density at radius 3 is 1.21 bits per heavy atom. The van der Waals surface area contributed by atoms with Crippen LogP contribution in [0.5, 0.6) is 0 Å². The molecule has 0 fully saturated rings. The Morgan fingerprint density at radius 1 is 0.288 bits per heavy atom. The highest BCUT2D eigenvalue weighted by atomic mass is 16.3. The highest BCUT2D eigenvalue weighted by Crippen LogP contribution is 2.42. The molecule has 8 aromatic carbocycles. The number of anilines is 3. The molecule has 3 aromatic heterocycles. The van der Waals surface area contributed by atoms with Crippen LogP contribution in [0.15, 0.2) is 189 Å². The molecule has 0 aliphatic heterocycles. The molecule has 0 saturated heterocycles. The summed E-state index contributed by atoms with van der Waals surface area (Å²) in [6.45, 7) is 0.